The highest BCUT2D eigenvalue weighted by atomic mass is 16.5. The van der Waals surface area contributed by atoms with E-state index in [4.69, 9.17) is 9.47 Å². The van der Waals surface area contributed by atoms with E-state index in [-0.39, 0.29) is 0 Å². The fourth-order valence-corrected chi connectivity index (χ4v) is 4.06. The van der Waals surface area contributed by atoms with Crippen LogP contribution in [0.25, 0.3) is 0 Å². The second-order valence-corrected chi connectivity index (χ2v) is 7.75. The third-order valence-corrected chi connectivity index (χ3v) is 5.69. The van der Waals surface area contributed by atoms with Crippen LogP contribution in [0.15, 0.2) is 97.1 Å². The van der Waals surface area contributed by atoms with Crippen LogP contribution in [0.5, 0.6) is 23.0 Å². The molecule has 4 nitrogen and oxygen atoms in total. The molecule has 0 amide bonds. The van der Waals surface area contributed by atoms with Gasteiger partial charge in [0.1, 0.15) is 34.7 Å². The Hall–Kier alpha value is -3.60. The first-order chi connectivity index (χ1) is 16.1. The minimum Gasteiger partial charge on any atom is -0.457 e. The second-order valence-electron chi connectivity index (χ2n) is 7.75. The average molecular weight is 441 g/mol. The summed E-state index contributed by atoms with van der Waals surface area (Å²) in [6.07, 6.45) is -0.578. The minimum atomic E-state index is -0.981. The van der Waals surface area contributed by atoms with Gasteiger partial charge in [0.15, 0.2) is 0 Å². The van der Waals surface area contributed by atoms with Crippen LogP contribution >= 0.6 is 0 Å². The SMILES string of the molecule is CC.CC1(O)c2ccccc2Oc2ccccc21.OC1c2ccccc2Oc2ccccc21. The Labute approximate surface area is 194 Å². The third kappa shape index (κ3) is 4.23. The van der Waals surface area contributed by atoms with E-state index in [0.717, 1.165) is 45.3 Å². The van der Waals surface area contributed by atoms with E-state index in [9.17, 15) is 10.2 Å². The Bertz CT molecular complexity index is 1150. The molecule has 2 N–H and O–H groups in total. The first-order valence-corrected chi connectivity index (χ1v) is 11.2. The summed E-state index contributed by atoms with van der Waals surface area (Å²) >= 11 is 0. The Kier molecular flexibility index (Phi) is 6.50. The smallest absolute Gasteiger partial charge is 0.133 e. The first-order valence-electron chi connectivity index (χ1n) is 11.2. The summed E-state index contributed by atoms with van der Waals surface area (Å²) < 4.78 is 11.4. The Morgan fingerprint density at radius 3 is 1.36 bits per heavy atom. The number of hydrogen-bond acceptors (Lipinski definition) is 4. The quantitative estimate of drug-likeness (QED) is 0.311. The minimum absolute atomic E-state index is 0.578. The molecule has 2 aliphatic heterocycles. The largest absolute Gasteiger partial charge is 0.457 e. The van der Waals surface area contributed by atoms with E-state index >= 15 is 0 Å². The third-order valence-electron chi connectivity index (χ3n) is 5.69. The van der Waals surface area contributed by atoms with Gasteiger partial charge in [-0.2, -0.15) is 0 Å². The maximum atomic E-state index is 10.6. The molecule has 0 saturated heterocycles. The van der Waals surface area contributed by atoms with Gasteiger partial charge in [-0.15, -0.1) is 0 Å². The Morgan fingerprint density at radius 1 is 0.576 bits per heavy atom. The molecule has 0 bridgehead atoms. The van der Waals surface area contributed by atoms with Crippen LogP contribution in [-0.2, 0) is 5.60 Å². The number of benzene rings is 4. The number of hydrogen-bond donors (Lipinski definition) is 2. The van der Waals surface area contributed by atoms with Crippen molar-refractivity contribution in [1.29, 1.82) is 0 Å². The van der Waals surface area contributed by atoms with E-state index in [0.29, 0.717) is 0 Å². The molecule has 2 heterocycles. The van der Waals surface area contributed by atoms with Gasteiger partial charge in [-0.25, -0.2) is 0 Å². The van der Waals surface area contributed by atoms with Gasteiger partial charge in [-0.1, -0.05) is 86.6 Å². The molecule has 0 saturated carbocycles. The molecule has 0 unspecified atom stereocenters. The number of aliphatic hydroxyl groups excluding tert-OH is 1. The summed E-state index contributed by atoms with van der Waals surface area (Å²) in [5.74, 6) is 2.94. The molecule has 4 heteroatoms. The fourth-order valence-electron chi connectivity index (χ4n) is 4.06. The van der Waals surface area contributed by atoms with Crippen molar-refractivity contribution in [2.75, 3.05) is 0 Å². The fraction of sp³-hybridized carbons (Fsp3) is 0.172. The van der Waals surface area contributed by atoms with Crippen LogP contribution in [0.2, 0.25) is 0 Å². The molecule has 0 radical (unpaired) electrons. The highest BCUT2D eigenvalue weighted by Gasteiger charge is 2.35. The average Bonchev–Trinajstić information content (AvgIpc) is 2.86. The predicted molar refractivity (Wildman–Crippen MR) is 130 cm³/mol. The molecule has 2 aliphatic rings. The molecule has 33 heavy (non-hydrogen) atoms. The summed E-state index contributed by atoms with van der Waals surface area (Å²) in [4.78, 5) is 0. The van der Waals surface area contributed by atoms with E-state index < -0.39 is 11.7 Å². The number of aliphatic hydroxyl groups is 2. The summed E-state index contributed by atoms with van der Waals surface area (Å²) in [5.41, 5.74) is 2.31. The molecule has 0 spiro atoms. The molecule has 0 atom stereocenters. The van der Waals surface area contributed by atoms with Crippen molar-refractivity contribution in [2.24, 2.45) is 0 Å². The van der Waals surface area contributed by atoms with Crippen molar-refractivity contribution in [3.8, 4) is 23.0 Å². The zero-order valence-electron chi connectivity index (χ0n) is 19.0. The van der Waals surface area contributed by atoms with Crippen molar-refractivity contribution >= 4 is 0 Å². The lowest BCUT2D eigenvalue weighted by molar-refractivity contribution is 0.0901. The lowest BCUT2D eigenvalue weighted by atomic mass is 9.85. The van der Waals surface area contributed by atoms with E-state index in [1.54, 1.807) is 6.92 Å². The second kappa shape index (κ2) is 9.49. The summed E-state index contributed by atoms with van der Waals surface area (Å²) in [6.45, 7) is 5.80. The highest BCUT2D eigenvalue weighted by Crippen LogP contribution is 2.46. The lowest BCUT2D eigenvalue weighted by Gasteiger charge is -2.32. The van der Waals surface area contributed by atoms with Crippen LogP contribution in [-0.4, -0.2) is 10.2 Å². The van der Waals surface area contributed by atoms with Gasteiger partial charge in [-0.3, -0.25) is 0 Å². The Morgan fingerprint density at radius 2 is 0.909 bits per heavy atom. The molecular formula is C29H28O4. The molecule has 0 aliphatic carbocycles. The zero-order valence-corrected chi connectivity index (χ0v) is 19.0. The number of ether oxygens (including phenoxy) is 2. The standard InChI is InChI=1S/C14H12O2.C13H10O2.C2H6/c1-14(15)10-6-2-4-8-12(10)16-13-9-5-3-7-11(13)14;14-13-9-5-1-3-7-11(9)15-12-8-4-2-6-10(12)13;1-2/h2-9,15H,1H3;1-8,13-14H;1-2H3. The molecule has 6 rings (SSSR count). The van der Waals surface area contributed by atoms with Gasteiger partial charge in [-0.05, 0) is 31.2 Å². The zero-order chi connectivity index (χ0) is 23.4. The van der Waals surface area contributed by atoms with Crippen LogP contribution < -0.4 is 9.47 Å². The highest BCUT2D eigenvalue weighted by molar-refractivity contribution is 5.55. The number of fused-ring (bicyclic) bond motifs is 4. The van der Waals surface area contributed by atoms with E-state index in [2.05, 4.69) is 0 Å². The van der Waals surface area contributed by atoms with Crippen LogP contribution in [0, 0.1) is 0 Å². The molecule has 4 aromatic rings. The van der Waals surface area contributed by atoms with Gasteiger partial charge >= 0.3 is 0 Å². The lowest BCUT2D eigenvalue weighted by Crippen LogP contribution is -2.27. The van der Waals surface area contributed by atoms with Gasteiger partial charge < -0.3 is 19.7 Å². The molecule has 0 aromatic heterocycles. The first kappa shape index (κ1) is 22.6. The monoisotopic (exact) mass is 440 g/mol. The van der Waals surface area contributed by atoms with Crippen LogP contribution in [0.3, 0.4) is 0 Å². The summed E-state index contributed by atoms with van der Waals surface area (Å²) in [6, 6.07) is 30.3. The summed E-state index contributed by atoms with van der Waals surface area (Å²) in [7, 11) is 0. The molecular weight excluding hydrogens is 412 g/mol. The maximum absolute atomic E-state index is 10.6. The predicted octanol–water partition coefficient (Wildman–Crippen LogP) is 6.95. The molecule has 168 valence electrons. The Balaban J connectivity index is 0.000000147. The van der Waals surface area contributed by atoms with Gasteiger partial charge in [0, 0.05) is 22.3 Å². The van der Waals surface area contributed by atoms with Crippen molar-refractivity contribution in [3.05, 3.63) is 119 Å². The van der Waals surface area contributed by atoms with Crippen molar-refractivity contribution in [3.63, 3.8) is 0 Å². The van der Waals surface area contributed by atoms with Gasteiger partial charge in [0.05, 0.1) is 0 Å². The molecule has 0 fully saturated rings. The van der Waals surface area contributed by atoms with Crippen LogP contribution in [0.1, 0.15) is 49.1 Å². The van der Waals surface area contributed by atoms with E-state index in [1.165, 1.54) is 0 Å². The van der Waals surface area contributed by atoms with Crippen LogP contribution in [0.4, 0.5) is 0 Å². The molecule has 4 aromatic carbocycles. The van der Waals surface area contributed by atoms with Gasteiger partial charge in [0.25, 0.3) is 0 Å². The van der Waals surface area contributed by atoms with Crippen molar-refractivity contribution < 1.29 is 19.7 Å². The van der Waals surface area contributed by atoms with Crippen molar-refractivity contribution in [1.82, 2.24) is 0 Å². The topological polar surface area (TPSA) is 58.9 Å². The normalized spacial score (nSPS) is 14.2. The summed E-state index contributed by atoms with van der Waals surface area (Å²) in [5, 5.41) is 20.7. The number of rotatable bonds is 0. The van der Waals surface area contributed by atoms with E-state index in [1.807, 2.05) is 111 Å². The maximum Gasteiger partial charge on any atom is 0.133 e. The number of para-hydroxylation sites is 4. The van der Waals surface area contributed by atoms with Gasteiger partial charge in [0.2, 0.25) is 0 Å². The van der Waals surface area contributed by atoms with Crippen molar-refractivity contribution in [2.45, 2.75) is 32.5 Å².